The molecule has 0 spiro atoms. The fourth-order valence-electron chi connectivity index (χ4n) is 2.16. The summed E-state index contributed by atoms with van der Waals surface area (Å²) >= 11 is 0. The number of carbonyl (C=O) groups excluding carboxylic acids is 2. The number of amides is 2. The van der Waals surface area contributed by atoms with Gasteiger partial charge in [0.1, 0.15) is 0 Å². The van der Waals surface area contributed by atoms with Crippen molar-refractivity contribution in [1.29, 1.82) is 0 Å². The van der Waals surface area contributed by atoms with Gasteiger partial charge in [0.2, 0.25) is 11.8 Å². The molecule has 0 bridgehead atoms. The summed E-state index contributed by atoms with van der Waals surface area (Å²) in [5.74, 6) is -0.0550. The van der Waals surface area contributed by atoms with Gasteiger partial charge >= 0.3 is 0 Å². The predicted octanol–water partition coefficient (Wildman–Crippen LogP) is 3.50. The summed E-state index contributed by atoms with van der Waals surface area (Å²) in [6.07, 6.45) is 6.57. The van der Waals surface area contributed by atoms with Crippen molar-refractivity contribution in [2.45, 2.75) is 47.5 Å². The minimum Gasteiger partial charge on any atom is -0.342 e. The second kappa shape index (κ2) is 8.90. The fraction of sp³-hybridized carbons (Fsp3) is 0.684. The normalized spacial score (nSPS) is 12.3. The number of rotatable bonds is 8. The van der Waals surface area contributed by atoms with Crippen LogP contribution < -0.4 is 0 Å². The average Bonchev–Trinajstić information content (AvgIpc) is 2.41. The molecule has 4 nitrogen and oxygen atoms in total. The van der Waals surface area contributed by atoms with E-state index in [9.17, 15) is 9.59 Å². The van der Waals surface area contributed by atoms with E-state index >= 15 is 0 Å². The van der Waals surface area contributed by atoms with Crippen LogP contribution in [0.1, 0.15) is 47.5 Å². The summed E-state index contributed by atoms with van der Waals surface area (Å²) in [4.78, 5) is 27.0. The number of hydrogen-bond donors (Lipinski definition) is 0. The first-order valence-electron chi connectivity index (χ1n) is 8.17. The average molecular weight is 322 g/mol. The first-order chi connectivity index (χ1) is 10.4. The van der Waals surface area contributed by atoms with Crippen molar-refractivity contribution < 1.29 is 9.59 Å². The Balaban J connectivity index is 4.41. The van der Waals surface area contributed by atoms with Crippen LogP contribution in [0.3, 0.4) is 0 Å². The van der Waals surface area contributed by atoms with E-state index in [1.54, 1.807) is 22.9 Å². The summed E-state index contributed by atoms with van der Waals surface area (Å²) in [5, 5.41) is 0. The molecule has 23 heavy (non-hydrogen) atoms. The molecule has 2 amide bonds. The van der Waals surface area contributed by atoms with Gasteiger partial charge in [-0.3, -0.25) is 9.59 Å². The van der Waals surface area contributed by atoms with E-state index < -0.39 is 0 Å². The Kier molecular flexibility index (Phi) is 8.29. The first-order valence-corrected chi connectivity index (χ1v) is 8.17. The third-order valence-corrected chi connectivity index (χ3v) is 3.72. The molecule has 0 aliphatic heterocycles. The van der Waals surface area contributed by atoms with Crippen LogP contribution in [0.2, 0.25) is 0 Å². The maximum Gasteiger partial charge on any atom is 0.245 e. The van der Waals surface area contributed by atoms with Crippen LogP contribution in [0.15, 0.2) is 24.8 Å². The molecule has 0 aromatic carbocycles. The Morgan fingerprint density at radius 1 is 1.00 bits per heavy atom. The van der Waals surface area contributed by atoms with Crippen LogP contribution in [0.4, 0.5) is 0 Å². The molecule has 0 aromatic heterocycles. The molecular formula is C19H34N2O2. The molecule has 0 saturated heterocycles. The molecule has 0 rings (SSSR count). The largest absolute Gasteiger partial charge is 0.342 e. The van der Waals surface area contributed by atoms with Crippen LogP contribution >= 0.6 is 0 Å². The Bertz CT molecular complexity index is 445. The minimum atomic E-state index is -0.0891. The van der Waals surface area contributed by atoms with E-state index in [1.807, 2.05) is 13.1 Å². The summed E-state index contributed by atoms with van der Waals surface area (Å²) in [5.41, 5.74) is 0.136. The van der Waals surface area contributed by atoms with E-state index in [1.165, 1.54) is 6.08 Å². The van der Waals surface area contributed by atoms with Gasteiger partial charge in [-0.25, -0.2) is 0 Å². The Morgan fingerprint density at radius 2 is 1.57 bits per heavy atom. The van der Waals surface area contributed by atoms with Gasteiger partial charge in [0.25, 0.3) is 0 Å². The van der Waals surface area contributed by atoms with Gasteiger partial charge in [0.15, 0.2) is 0 Å². The first kappa shape index (κ1) is 21.4. The Morgan fingerprint density at radius 3 is 2.04 bits per heavy atom. The Hall–Kier alpha value is -1.58. The number of nitrogens with zero attached hydrogens (tertiary/aromatic N) is 2. The van der Waals surface area contributed by atoms with Crippen molar-refractivity contribution in [3.63, 3.8) is 0 Å². The zero-order chi connectivity index (χ0) is 18.3. The lowest BCUT2D eigenvalue weighted by atomic mass is 9.88. The highest BCUT2D eigenvalue weighted by molar-refractivity contribution is 5.87. The molecule has 0 unspecified atom stereocenters. The van der Waals surface area contributed by atoms with Crippen molar-refractivity contribution in [3.8, 4) is 0 Å². The predicted molar refractivity (Wildman–Crippen MR) is 97.1 cm³/mol. The standard InChI is InChI=1S/C19H34N2O2/c1-9-16(22)21(8)15-19(5,6)12-10-11-17(23)20(7)14-13-18(2,3)4/h9-11H,1,12-15H2,2-8H3/b11-10-. The zero-order valence-corrected chi connectivity index (χ0v) is 16.0. The molecule has 0 aliphatic carbocycles. The number of carbonyl (C=O) groups is 2. The van der Waals surface area contributed by atoms with Crippen molar-refractivity contribution in [3.05, 3.63) is 24.8 Å². The van der Waals surface area contributed by atoms with Crippen LogP contribution in [-0.2, 0) is 9.59 Å². The maximum atomic E-state index is 12.1. The third-order valence-electron chi connectivity index (χ3n) is 3.72. The van der Waals surface area contributed by atoms with Crippen molar-refractivity contribution >= 4 is 11.8 Å². The van der Waals surface area contributed by atoms with E-state index in [4.69, 9.17) is 0 Å². The lowest BCUT2D eigenvalue weighted by Gasteiger charge is -2.29. The van der Waals surface area contributed by atoms with Gasteiger partial charge in [-0.1, -0.05) is 47.3 Å². The van der Waals surface area contributed by atoms with Crippen molar-refractivity contribution in [2.75, 3.05) is 27.2 Å². The van der Waals surface area contributed by atoms with Gasteiger partial charge in [-0.05, 0) is 35.8 Å². The summed E-state index contributed by atoms with van der Waals surface area (Å²) in [6.45, 7) is 15.6. The van der Waals surface area contributed by atoms with Gasteiger partial charge in [0.05, 0.1) is 0 Å². The van der Waals surface area contributed by atoms with Crippen LogP contribution in [-0.4, -0.2) is 48.8 Å². The van der Waals surface area contributed by atoms with Gasteiger partial charge < -0.3 is 9.80 Å². The van der Waals surface area contributed by atoms with Gasteiger partial charge in [-0.2, -0.15) is 0 Å². The van der Waals surface area contributed by atoms with E-state index in [0.29, 0.717) is 6.54 Å². The fourth-order valence-corrected chi connectivity index (χ4v) is 2.16. The molecule has 0 aliphatic rings. The minimum absolute atomic E-state index is 0.0283. The molecule has 0 radical (unpaired) electrons. The number of allylic oxidation sites excluding steroid dienone is 1. The molecular weight excluding hydrogens is 288 g/mol. The molecule has 0 aromatic rings. The highest BCUT2D eigenvalue weighted by atomic mass is 16.2. The monoisotopic (exact) mass is 322 g/mol. The molecule has 132 valence electrons. The lowest BCUT2D eigenvalue weighted by molar-refractivity contribution is -0.126. The topological polar surface area (TPSA) is 40.6 Å². The molecule has 0 heterocycles. The van der Waals surface area contributed by atoms with Crippen LogP contribution in [0.5, 0.6) is 0 Å². The quantitative estimate of drug-likeness (QED) is 0.642. The lowest BCUT2D eigenvalue weighted by Crippen LogP contribution is -2.34. The zero-order valence-electron chi connectivity index (χ0n) is 16.0. The van der Waals surface area contributed by atoms with E-state index in [2.05, 4.69) is 41.2 Å². The SMILES string of the molecule is C=CC(=O)N(C)CC(C)(C)C/C=C\C(=O)N(C)CCC(C)(C)C. The molecule has 0 saturated carbocycles. The van der Waals surface area contributed by atoms with Crippen molar-refractivity contribution in [1.82, 2.24) is 9.80 Å². The number of likely N-dealkylation sites (N-methyl/N-ethyl adjacent to an activating group) is 2. The molecule has 4 heteroatoms. The van der Waals surface area contributed by atoms with Gasteiger partial charge in [-0.15, -0.1) is 0 Å². The smallest absolute Gasteiger partial charge is 0.245 e. The Labute approximate surface area is 142 Å². The summed E-state index contributed by atoms with van der Waals surface area (Å²) < 4.78 is 0. The highest BCUT2D eigenvalue weighted by Crippen LogP contribution is 2.22. The van der Waals surface area contributed by atoms with E-state index in [0.717, 1.165) is 19.4 Å². The maximum absolute atomic E-state index is 12.1. The summed E-state index contributed by atoms with van der Waals surface area (Å²) in [7, 11) is 3.60. The second-order valence-corrected chi connectivity index (χ2v) is 8.24. The van der Waals surface area contributed by atoms with Crippen LogP contribution in [0.25, 0.3) is 0 Å². The third kappa shape index (κ3) is 9.93. The second-order valence-electron chi connectivity index (χ2n) is 8.24. The number of hydrogen-bond acceptors (Lipinski definition) is 2. The molecule has 0 atom stereocenters. The molecule has 0 fully saturated rings. The highest BCUT2D eigenvalue weighted by Gasteiger charge is 2.20. The van der Waals surface area contributed by atoms with Crippen LogP contribution in [0, 0.1) is 10.8 Å². The van der Waals surface area contributed by atoms with Gasteiger partial charge in [0, 0.05) is 27.2 Å². The molecule has 0 N–H and O–H groups in total. The summed E-state index contributed by atoms with van der Waals surface area (Å²) in [6, 6.07) is 0. The van der Waals surface area contributed by atoms with Crippen molar-refractivity contribution in [2.24, 2.45) is 10.8 Å². The van der Waals surface area contributed by atoms with E-state index in [-0.39, 0.29) is 22.6 Å².